The highest BCUT2D eigenvalue weighted by atomic mass is 79.9. The van der Waals surface area contributed by atoms with E-state index in [9.17, 15) is 0 Å². The van der Waals surface area contributed by atoms with Crippen molar-refractivity contribution in [3.05, 3.63) is 40.9 Å². The van der Waals surface area contributed by atoms with Gasteiger partial charge in [-0.05, 0) is 22.9 Å². The lowest BCUT2D eigenvalue weighted by Crippen LogP contribution is -1.75. The molecular weight excluding hydrogens is 232 g/mol. The van der Waals surface area contributed by atoms with Crippen molar-refractivity contribution in [2.75, 3.05) is 0 Å². The van der Waals surface area contributed by atoms with Crippen LogP contribution in [0, 0.1) is 0 Å². The van der Waals surface area contributed by atoms with Crippen LogP contribution in [0.5, 0.6) is 0 Å². The number of hydrogen-bond acceptors (Lipinski definition) is 1. The van der Waals surface area contributed by atoms with E-state index in [-0.39, 0.29) is 0 Å². The lowest BCUT2D eigenvalue weighted by Gasteiger charge is -2.02. The molecule has 0 spiro atoms. The minimum atomic E-state index is 1.02. The van der Waals surface area contributed by atoms with Crippen LogP contribution in [0.1, 0.15) is 0 Å². The molecule has 0 heterocycles. The molecule has 0 amide bonds. The van der Waals surface area contributed by atoms with Gasteiger partial charge in [0.25, 0.3) is 0 Å². The van der Waals surface area contributed by atoms with Crippen molar-refractivity contribution in [1.82, 2.24) is 0 Å². The third-order valence-electron chi connectivity index (χ3n) is 1.85. The van der Waals surface area contributed by atoms with Crippen molar-refractivity contribution in [1.29, 1.82) is 0 Å². The first kappa shape index (κ1) is 8.14. The fraction of sp³-hybridized carbons (Fsp3) is 0. The summed E-state index contributed by atoms with van der Waals surface area (Å²) in [7, 11) is 0. The molecule has 0 unspecified atom stereocenters. The summed E-state index contributed by atoms with van der Waals surface area (Å²) in [6.45, 7) is 0. The van der Waals surface area contributed by atoms with E-state index in [2.05, 4.69) is 40.7 Å². The molecule has 0 aliphatic heterocycles. The van der Waals surface area contributed by atoms with Crippen LogP contribution in [0.15, 0.2) is 45.8 Å². The average molecular weight is 239 g/mol. The molecule has 0 aliphatic carbocycles. The van der Waals surface area contributed by atoms with Crippen LogP contribution in [-0.4, -0.2) is 0 Å². The van der Waals surface area contributed by atoms with Crippen molar-refractivity contribution in [2.24, 2.45) is 0 Å². The molecule has 0 aromatic heterocycles. The van der Waals surface area contributed by atoms with Gasteiger partial charge in [0.1, 0.15) is 0 Å². The largest absolute Gasteiger partial charge is 0.143 e. The highest BCUT2D eigenvalue weighted by Gasteiger charge is 1.99. The van der Waals surface area contributed by atoms with Crippen molar-refractivity contribution in [2.45, 2.75) is 4.90 Å². The third kappa shape index (κ3) is 1.25. The highest BCUT2D eigenvalue weighted by molar-refractivity contribution is 9.10. The van der Waals surface area contributed by atoms with Gasteiger partial charge in [0, 0.05) is 9.37 Å². The Morgan fingerprint density at radius 3 is 2.25 bits per heavy atom. The lowest BCUT2D eigenvalue weighted by atomic mass is 10.1. The number of thiol groups is 1. The van der Waals surface area contributed by atoms with Crippen LogP contribution in [-0.2, 0) is 0 Å². The summed E-state index contributed by atoms with van der Waals surface area (Å²) in [6, 6.07) is 12.2. The topological polar surface area (TPSA) is 0 Å². The number of benzene rings is 2. The molecule has 0 atom stereocenters. The second kappa shape index (κ2) is 3.11. The summed E-state index contributed by atoms with van der Waals surface area (Å²) in [4.78, 5) is 1.02. The second-order valence-electron chi connectivity index (χ2n) is 2.61. The SMILES string of the molecule is Sc1ccc(Br)c2ccccc12. The maximum absolute atomic E-state index is 4.38. The summed E-state index contributed by atoms with van der Waals surface area (Å²) in [5.74, 6) is 0. The summed E-state index contributed by atoms with van der Waals surface area (Å²) in [6.07, 6.45) is 0. The van der Waals surface area contributed by atoms with Gasteiger partial charge in [0.05, 0.1) is 0 Å². The summed E-state index contributed by atoms with van der Waals surface area (Å²) >= 11 is 7.87. The zero-order valence-corrected chi connectivity index (χ0v) is 8.77. The fourth-order valence-electron chi connectivity index (χ4n) is 1.25. The van der Waals surface area contributed by atoms with Gasteiger partial charge in [-0.1, -0.05) is 40.2 Å². The first-order chi connectivity index (χ1) is 5.79. The molecule has 12 heavy (non-hydrogen) atoms. The van der Waals surface area contributed by atoms with Crippen LogP contribution in [0.3, 0.4) is 0 Å². The molecule has 2 aromatic rings. The molecule has 60 valence electrons. The Morgan fingerprint density at radius 2 is 1.58 bits per heavy atom. The first-order valence-electron chi connectivity index (χ1n) is 3.65. The predicted molar refractivity (Wildman–Crippen MR) is 58.9 cm³/mol. The van der Waals surface area contributed by atoms with Crippen LogP contribution in [0.2, 0.25) is 0 Å². The minimum absolute atomic E-state index is 1.02. The van der Waals surface area contributed by atoms with Gasteiger partial charge >= 0.3 is 0 Å². The Labute approximate surface area is 85.1 Å². The molecule has 0 radical (unpaired) electrons. The Balaban J connectivity index is 2.95. The van der Waals surface area contributed by atoms with E-state index in [1.54, 1.807) is 0 Å². The molecule has 0 aliphatic rings. The standard InChI is InChI=1S/C10H7BrS/c11-9-5-6-10(12)8-4-2-1-3-7(8)9/h1-6,12H. The van der Waals surface area contributed by atoms with Crippen molar-refractivity contribution >= 4 is 39.3 Å². The van der Waals surface area contributed by atoms with Gasteiger partial charge in [-0.15, -0.1) is 12.6 Å². The van der Waals surface area contributed by atoms with Crippen molar-refractivity contribution in [3.8, 4) is 0 Å². The van der Waals surface area contributed by atoms with Gasteiger partial charge in [-0.25, -0.2) is 0 Å². The fourth-order valence-corrected chi connectivity index (χ4v) is 1.99. The smallest absolute Gasteiger partial charge is 0.0254 e. The van der Waals surface area contributed by atoms with Crippen LogP contribution >= 0.6 is 28.6 Å². The number of hydrogen-bond donors (Lipinski definition) is 1. The zero-order valence-electron chi connectivity index (χ0n) is 6.29. The monoisotopic (exact) mass is 238 g/mol. The average Bonchev–Trinajstić information content (AvgIpc) is 2.12. The predicted octanol–water partition coefficient (Wildman–Crippen LogP) is 3.89. The van der Waals surface area contributed by atoms with E-state index in [0.29, 0.717) is 0 Å². The number of rotatable bonds is 0. The number of fused-ring (bicyclic) bond motifs is 1. The van der Waals surface area contributed by atoms with Gasteiger partial charge in [-0.2, -0.15) is 0 Å². The number of halogens is 1. The Hall–Kier alpha value is -0.470. The van der Waals surface area contributed by atoms with Gasteiger partial charge < -0.3 is 0 Å². The van der Waals surface area contributed by atoms with E-state index >= 15 is 0 Å². The summed E-state index contributed by atoms with van der Waals surface area (Å²) < 4.78 is 1.12. The molecule has 0 bridgehead atoms. The summed E-state index contributed by atoms with van der Waals surface area (Å²) in [5.41, 5.74) is 0. The van der Waals surface area contributed by atoms with E-state index in [0.717, 1.165) is 9.37 Å². The molecular formula is C10H7BrS. The quantitative estimate of drug-likeness (QED) is 0.662. The van der Waals surface area contributed by atoms with Crippen LogP contribution < -0.4 is 0 Å². The Morgan fingerprint density at radius 1 is 0.917 bits per heavy atom. The lowest BCUT2D eigenvalue weighted by molar-refractivity contribution is 1.54. The van der Waals surface area contributed by atoms with E-state index in [1.807, 2.05) is 24.3 Å². The van der Waals surface area contributed by atoms with E-state index < -0.39 is 0 Å². The Bertz CT molecular complexity index is 383. The normalized spacial score (nSPS) is 10.5. The molecule has 2 heteroatoms. The summed E-state index contributed by atoms with van der Waals surface area (Å²) in [5, 5.41) is 2.40. The molecule has 0 saturated heterocycles. The van der Waals surface area contributed by atoms with Gasteiger partial charge in [0.2, 0.25) is 0 Å². The zero-order chi connectivity index (χ0) is 8.55. The van der Waals surface area contributed by atoms with Gasteiger partial charge in [0.15, 0.2) is 0 Å². The van der Waals surface area contributed by atoms with Crippen molar-refractivity contribution in [3.63, 3.8) is 0 Å². The second-order valence-corrected chi connectivity index (χ2v) is 3.95. The molecule has 2 aromatic carbocycles. The van der Waals surface area contributed by atoms with Crippen LogP contribution in [0.4, 0.5) is 0 Å². The third-order valence-corrected chi connectivity index (χ3v) is 2.93. The van der Waals surface area contributed by atoms with Gasteiger partial charge in [-0.3, -0.25) is 0 Å². The molecule has 0 fully saturated rings. The van der Waals surface area contributed by atoms with Crippen molar-refractivity contribution < 1.29 is 0 Å². The maximum Gasteiger partial charge on any atom is 0.0254 e. The molecule has 0 N–H and O–H groups in total. The molecule has 0 nitrogen and oxygen atoms in total. The molecule has 2 rings (SSSR count). The Kier molecular flexibility index (Phi) is 2.11. The van der Waals surface area contributed by atoms with E-state index in [4.69, 9.17) is 0 Å². The van der Waals surface area contributed by atoms with E-state index in [1.165, 1.54) is 10.8 Å². The molecule has 0 saturated carbocycles. The first-order valence-corrected chi connectivity index (χ1v) is 4.89. The van der Waals surface area contributed by atoms with Crippen LogP contribution in [0.25, 0.3) is 10.8 Å². The minimum Gasteiger partial charge on any atom is -0.143 e. The maximum atomic E-state index is 4.38. The highest BCUT2D eigenvalue weighted by Crippen LogP contribution is 2.28.